The fraction of sp³-hybridized carbons (Fsp3) is 0.0500. The minimum Gasteiger partial charge on any atom is -0.456 e. The number of aryl methyl sites for hydroxylation is 2. The SMILES string of the molecule is [2H]C([2H])([2H])c1c[c-]c(-c2ccc(C([2H])([2H])[2H])cn2)cc1.[Ir].[c-]1ccc(-c2cccc3c2ccc2oc4ccccc4c23)cc1-c1ccccn1. The van der Waals surface area contributed by atoms with Gasteiger partial charge in [0.05, 0.1) is 0 Å². The summed E-state index contributed by atoms with van der Waals surface area (Å²) in [7, 11) is 0. The van der Waals surface area contributed by atoms with E-state index in [9.17, 15) is 0 Å². The van der Waals surface area contributed by atoms with E-state index >= 15 is 0 Å². The quantitative estimate of drug-likeness (QED) is 0.169. The molecule has 5 aromatic carbocycles. The van der Waals surface area contributed by atoms with E-state index in [4.69, 9.17) is 12.6 Å². The minimum absolute atomic E-state index is 0. The molecule has 3 aromatic heterocycles. The predicted octanol–water partition coefficient (Wildman–Crippen LogP) is 10.4. The Labute approximate surface area is 279 Å². The Balaban J connectivity index is 0.000000182. The Hall–Kier alpha value is -4.89. The van der Waals surface area contributed by atoms with E-state index in [1.807, 2.05) is 42.6 Å². The molecule has 0 spiro atoms. The number of benzene rings is 5. The maximum absolute atomic E-state index is 7.28. The average molecular weight is 751 g/mol. The Bertz CT molecular complexity index is 2350. The van der Waals surface area contributed by atoms with Gasteiger partial charge in [-0.3, -0.25) is 0 Å². The molecule has 0 saturated carbocycles. The molecule has 1 radical (unpaired) electrons. The Morgan fingerprint density at radius 1 is 0.636 bits per heavy atom. The largest absolute Gasteiger partial charge is 0.456 e. The first kappa shape index (κ1) is 22.6. The van der Waals surface area contributed by atoms with Crippen LogP contribution in [0.15, 0.2) is 138 Å². The summed E-state index contributed by atoms with van der Waals surface area (Å²) in [5.41, 5.74) is 7.67. The van der Waals surface area contributed by atoms with Crippen molar-refractivity contribution in [3.63, 3.8) is 0 Å². The van der Waals surface area contributed by atoms with E-state index in [0.717, 1.165) is 33.4 Å². The second kappa shape index (κ2) is 12.8. The molecule has 215 valence electrons. The molecule has 0 atom stereocenters. The molecule has 8 rings (SSSR count). The van der Waals surface area contributed by atoms with Gasteiger partial charge in [-0.25, -0.2) is 0 Å². The van der Waals surface area contributed by atoms with Crippen molar-refractivity contribution in [2.24, 2.45) is 0 Å². The fourth-order valence-corrected chi connectivity index (χ4v) is 5.27. The molecule has 44 heavy (non-hydrogen) atoms. The number of para-hydroxylation sites is 1. The van der Waals surface area contributed by atoms with Gasteiger partial charge < -0.3 is 14.4 Å². The summed E-state index contributed by atoms with van der Waals surface area (Å²) in [6, 6.07) is 44.9. The molecule has 0 bridgehead atoms. The molecule has 0 unspecified atom stereocenters. The molecular formula is C40H28IrN2O-2. The van der Waals surface area contributed by atoms with E-state index in [1.54, 1.807) is 12.1 Å². The second-order valence-electron chi connectivity index (χ2n) is 10.1. The molecule has 4 heteroatoms. The van der Waals surface area contributed by atoms with Crippen molar-refractivity contribution in [3.8, 4) is 33.6 Å². The topological polar surface area (TPSA) is 38.9 Å². The van der Waals surface area contributed by atoms with E-state index in [2.05, 4.69) is 76.7 Å². The van der Waals surface area contributed by atoms with Crippen LogP contribution in [0.5, 0.6) is 0 Å². The maximum Gasteiger partial charge on any atom is 0.136 e. The molecule has 0 N–H and O–H groups in total. The Morgan fingerprint density at radius 2 is 1.48 bits per heavy atom. The van der Waals surface area contributed by atoms with Gasteiger partial charge in [-0.1, -0.05) is 73.6 Å². The van der Waals surface area contributed by atoms with E-state index < -0.39 is 13.7 Å². The summed E-state index contributed by atoms with van der Waals surface area (Å²) in [5.74, 6) is 0. The summed E-state index contributed by atoms with van der Waals surface area (Å²) in [6.07, 6.45) is 3.11. The first-order valence-electron chi connectivity index (χ1n) is 16.8. The average Bonchev–Trinajstić information content (AvgIpc) is 3.51. The van der Waals surface area contributed by atoms with E-state index in [-0.39, 0.29) is 31.2 Å². The van der Waals surface area contributed by atoms with Crippen LogP contribution in [0, 0.1) is 25.8 Å². The van der Waals surface area contributed by atoms with Crippen molar-refractivity contribution in [3.05, 3.63) is 157 Å². The Morgan fingerprint density at radius 3 is 2.27 bits per heavy atom. The van der Waals surface area contributed by atoms with Gasteiger partial charge in [-0.15, -0.1) is 70.8 Å². The normalized spacial score (nSPS) is 13.4. The van der Waals surface area contributed by atoms with Gasteiger partial charge in [-0.2, -0.15) is 0 Å². The summed E-state index contributed by atoms with van der Waals surface area (Å²) in [5, 5.41) is 4.75. The van der Waals surface area contributed by atoms with Crippen molar-refractivity contribution in [1.82, 2.24) is 9.97 Å². The third-order valence-corrected chi connectivity index (χ3v) is 7.31. The van der Waals surface area contributed by atoms with E-state index in [0.29, 0.717) is 11.3 Å². The molecule has 0 amide bonds. The number of aromatic nitrogens is 2. The van der Waals surface area contributed by atoms with Crippen molar-refractivity contribution in [1.29, 1.82) is 0 Å². The zero-order chi connectivity index (χ0) is 34.2. The summed E-state index contributed by atoms with van der Waals surface area (Å²) < 4.78 is 49.7. The van der Waals surface area contributed by atoms with Gasteiger partial charge in [0, 0.05) is 51.5 Å². The van der Waals surface area contributed by atoms with Crippen LogP contribution in [-0.2, 0) is 20.1 Å². The monoisotopic (exact) mass is 751 g/mol. The zero-order valence-electron chi connectivity index (χ0n) is 29.3. The molecule has 0 aliphatic rings. The fourth-order valence-electron chi connectivity index (χ4n) is 5.27. The number of nitrogens with zero attached hydrogens (tertiary/aromatic N) is 2. The third-order valence-electron chi connectivity index (χ3n) is 7.31. The van der Waals surface area contributed by atoms with E-state index in [1.165, 1.54) is 46.1 Å². The van der Waals surface area contributed by atoms with Crippen LogP contribution < -0.4 is 0 Å². The molecule has 8 aromatic rings. The summed E-state index contributed by atoms with van der Waals surface area (Å²) in [6.45, 7) is -4.34. The standard InChI is InChI=1S/C27H16NO.C13H12N.Ir/c1-2-13-25-23(9-1)27-22-11-6-10-20(21(22)14-15-26(27)29-25)18-7-5-8-19(17-18)24-12-3-4-16-28-24;1-10-3-6-12(7-4-10)13-8-5-11(2)9-14-13;/h1-7,9-17H;3-6,8-9H,1-2H3;/q2*-1;/i;1D3,2D3;. The number of pyridine rings is 2. The molecule has 3 heterocycles. The maximum atomic E-state index is 7.28. The van der Waals surface area contributed by atoms with Gasteiger partial charge in [0.25, 0.3) is 0 Å². The van der Waals surface area contributed by atoms with Gasteiger partial charge in [0.1, 0.15) is 11.2 Å². The zero-order valence-corrected chi connectivity index (χ0v) is 25.7. The van der Waals surface area contributed by atoms with Crippen molar-refractivity contribution < 1.29 is 32.7 Å². The van der Waals surface area contributed by atoms with Gasteiger partial charge >= 0.3 is 0 Å². The molecule has 0 aliphatic carbocycles. The number of hydrogen-bond donors (Lipinski definition) is 0. The van der Waals surface area contributed by atoms with Crippen molar-refractivity contribution in [2.75, 3.05) is 0 Å². The molecule has 3 nitrogen and oxygen atoms in total. The van der Waals surface area contributed by atoms with Gasteiger partial charge in [0.15, 0.2) is 0 Å². The number of rotatable bonds is 3. The first-order chi connectivity index (χ1) is 23.6. The summed E-state index contributed by atoms with van der Waals surface area (Å²) in [4.78, 5) is 8.55. The second-order valence-corrected chi connectivity index (χ2v) is 10.1. The van der Waals surface area contributed by atoms with Crippen LogP contribution in [0.2, 0.25) is 0 Å². The van der Waals surface area contributed by atoms with Crippen LogP contribution in [0.3, 0.4) is 0 Å². The van der Waals surface area contributed by atoms with Crippen molar-refractivity contribution >= 4 is 32.7 Å². The number of fused-ring (bicyclic) bond motifs is 5. The first-order valence-corrected chi connectivity index (χ1v) is 13.8. The molecule has 0 aliphatic heterocycles. The molecule has 0 saturated heterocycles. The number of hydrogen-bond acceptors (Lipinski definition) is 3. The van der Waals surface area contributed by atoms with Crippen molar-refractivity contribution in [2.45, 2.75) is 13.7 Å². The van der Waals surface area contributed by atoms with Crippen LogP contribution >= 0.6 is 0 Å². The van der Waals surface area contributed by atoms with Crippen LogP contribution in [0.25, 0.3) is 66.4 Å². The molecule has 0 fully saturated rings. The predicted molar refractivity (Wildman–Crippen MR) is 177 cm³/mol. The van der Waals surface area contributed by atoms with Crippen LogP contribution in [-0.4, -0.2) is 9.97 Å². The third kappa shape index (κ3) is 5.83. The molecular weight excluding hydrogens is 717 g/mol. The van der Waals surface area contributed by atoms with Gasteiger partial charge in [0.2, 0.25) is 0 Å². The smallest absolute Gasteiger partial charge is 0.136 e. The number of furan rings is 1. The Kier molecular flexibility index (Phi) is 6.56. The van der Waals surface area contributed by atoms with Gasteiger partial charge in [-0.05, 0) is 58.3 Å². The minimum atomic E-state index is -2.18. The van der Waals surface area contributed by atoms with Crippen LogP contribution in [0.4, 0.5) is 0 Å². The van der Waals surface area contributed by atoms with Crippen LogP contribution in [0.1, 0.15) is 19.4 Å². The summed E-state index contributed by atoms with van der Waals surface area (Å²) >= 11 is 0.